The lowest BCUT2D eigenvalue weighted by atomic mass is 10.2. The topological polar surface area (TPSA) is 15.3 Å². The molecule has 1 N–H and O–H groups in total. The van der Waals surface area contributed by atoms with Gasteiger partial charge in [0, 0.05) is 42.8 Å². The van der Waals surface area contributed by atoms with Crippen LogP contribution < -0.4 is 5.32 Å². The molecule has 0 saturated carbocycles. The molecule has 1 aromatic carbocycles. The molecule has 1 aliphatic heterocycles. The molecular weight excluding hydrogens is 239 g/mol. The van der Waals surface area contributed by atoms with Crippen LogP contribution in [0, 0.1) is 5.82 Å². The van der Waals surface area contributed by atoms with Gasteiger partial charge in [-0.25, -0.2) is 4.39 Å². The molecule has 0 spiro atoms. The van der Waals surface area contributed by atoms with Crippen molar-refractivity contribution in [2.24, 2.45) is 0 Å². The zero-order chi connectivity index (χ0) is 12.3. The van der Waals surface area contributed by atoms with Gasteiger partial charge in [0.15, 0.2) is 0 Å². The average Bonchev–Trinajstić information content (AvgIpc) is 2.49. The van der Waals surface area contributed by atoms with E-state index in [-0.39, 0.29) is 5.82 Å². The second kappa shape index (κ2) is 5.80. The fourth-order valence-corrected chi connectivity index (χ4v) is 2.35. The molecule has 0 aliphatic carbocycles. The van der Waals surface area contributed by atoms with Gasteiger partial charge in [0.2, 0.25) is 0 Å². The fourth-order valence-electron chi connectivity index (χ4n) is 2.12. The quantitative estimate of drug-likeness (QED) is 0.875. The molecule has 0 aromatic heterocycles. The molecular formula is C13H18ClFN2. The summed E-state index contributed by atoms with van der Waals surface area (Å²) in [4.78, 5) is 2.25. The maximum absolute atomic E-state index is 13.7. The molecule has 1 saturated heterocycles. The molecule has 2 rings (SSSR count). The lowest BCUT2D eigenvalue weighted by molar-refractivity contribution is 0.278. The first-order valence-corrected chi connectivity index (χ1v) is 6.43. The van der Waals surface area contributed by atoms with Crippen LogP contribution in [-0.2, 0) is 6.54 Å². The van der Waals surface area contributed by atoms with E-state index in [1.165, 1.54) is 6.07 Å². The van der Waals surface area contributed by atoms with Gasteiger partial charge in [-0.15, -0.1) is 0 Å². The van der Waals surface area contributed by atoms with Crippen LogP contribution in [0.1, 0.15) is 18.9 Å². The van der Waals surface area contributed by atoms with Crippen LogP contribution in [-0.4, -0.2) is 30.6 Å². The monoisotopic (exact) mass is 256 g/mol. The van der Waals surface area contributed by atoms with Crippen molar-refractivity contribution in [1.29, 1.82) is 0 Å². The number of hydrogen-bond acceptors (Lipinski definition) is 2. The minimum Gasteiger partial charge on any atom is -0.313 e. The number of benzene rings is 1. The third-order valence-corrected chi connectivity index (χ3v) is 3.60. The molecule has 1 atom stereocenters. The van der Waals surface area contributed by atoms with Gasteiger partial charge in [-0.1, -0.05) is 17.7 Å². The Morgan fingerprint density at radius 1 is 1.47 bits per heavy atom. The number of hydrogen-bond donors (Lipinski definition) is 1. The lowest BCUT2D eigenvalue weighted by Crippen LogP contribution is -2.29. The fraction of sp³-hybridized carbons (Fsp3) is 0.538. The van der Waals surface area contributed by atoms with Gasteiger partial charge in [0.1, 0.15) is 5.82 Å². The zero-order valence-electron chi connectivity index (χ0n) is 10.0. The molecule has 0 radical (unpaired) electrons. The van der Waals surface area contributed by atoms with Crippen molar-refractivity contribution in [3.63, 3.8) is 0 Å². The summed E-state index contributed by atoms with van der Waals surface area (Å²) in [6, 6.07) is 5.40. The number of halogens is 2. The molecule has 17 heavy (non-hydrogen) atoms. The van der Waals surface area contributed by atoms with Crippen molar-refractivity contribution < 1.29 is 4.39 Å². The van der Waals surface area contributed by atoms with Crippen LogP contribution >= 0.6 is 11.6 Å². The third-order valence-electron chi connectivity index (χ3n) is 3.24. The first-order valence-electron chi connectivity index (χ1n) is 6.05. The number of nitrogens with zero attached hydrogens (tertiary/aromatic N) is 1. The normalized spacial score (nSPS) is 22.4. The highest BCUT2D eigenvalue weighted by molar-refractivity contribution is 6.31. The van der Waals surface area contributed by atoms with Crippen molar-refractivity contribution in [3.8, 4) is 0 Å². The molecule has 1 fully saturated rings. The molecule has 2 nitrogen and oxygen atoms in total. The Labute approximate surface area is 107 Å². The molecule has 1 aliphatic rings. The van der Waals surface area contributed by atoms with Crippen molar-refractivity contribution >= 4 is 11.6 Å². The van der Waals surface area contributed by atoms with E-state index in [2.05, 4.69) is 17.1 Å². The van der Waals surface area contributed by atoms with Crippen LogP contribution in [0.4, 0.5) is 4.39 Å². The molecule has 94 valence electrons. The van der Waals surface area contributed by atoms with Crippen molar-refractivity contribution in [2.45, 2.75) is 25.9 Å². The summed E-state index contributed by atoms with van der Waals surface area (Å²) >= 11 is 6.04. The highest BCUT2D eigenvalue weighted by Crippen LogP contribution is 2.21. The van der Waals surface area contributed by atoms with Gasteiger partial charge in [-0.05, 0) is 25.5 Å². The zero-order valence-corrected chi connectivity index (χ0v) is 10.8. The summed E-state index contributed by atoms with van der Waals surface area (Å²) in [5, 5.41) is 3.94. The summed E-state index contributed by atoms with van der Waals surface area (Å²) in [6.07, 6.45) is 1.09. The van der Waals surface area contributed by atoms with Crippen LogP contribution in [0.2, 0.25) is 5.02 Å². The van der Waals surface area contributed by atoms with Gasteiger partial charge in [0.25, 0.3) is 0 Å². The van der Waals surface area contributed by atoms with Crippen molar-refractivity contribution in [1.82, 2.24) is 10.2 Å². The van der Waals surface area contributed by atoms with Crippen molar-refractivity contribution in [2.75, 3.05) is 19.6 Å². The van der Waals surface area contributed by atoms with Crippen LogP contribution in [0.5, 0.6) is 0 Å². The SMILES string of the molecule is CC1CCN(Cc2c(F)cccc2Cl)CCN1. The van der Waals surface area contributed by atoms with E-state index < -0.39 is 0 Å². The van der Waals surface area contributed by atoms with E-state index in [0.717, 1.165) is 26.1 Å². The maximum Gasteiger partial charge on any atom is 0.129 e. The van der Waals surface area contributed by atoms with E-state index >= 15 is 0 Å². The molecule has 1 unspecified atom stereocenters. The lowest BCUT2D eigenvalue weighted by Gasteiger charge is -2.20. The average molecular weight is 257 g/mol. The Morgan fingerprint density at radius 2 is 2.29 bits per heavy atom. The second-order valence-corrected chi connectivity index (χ2v) is 5.03. The molecule has 0 bridgehead atoms. The highest BCUT2D eigenvalue weighted by atomic mass is 35.5. The van der Waals surface area contributed by atoms with E-state index in [0.29, 0.717) is 23.2 Å². The van der Waals surface area contributed by atoms with E-state index in [1.54, 1.807) is 12.1 Å². The van der Waals surface area contributed by atoms with Crippen LogP contribution in [0.25, 0.3) is 0 Å². The minimum absolute atomic E-state index is 0.206. The Hall–Kier alpha value is -0.640. The molecule has 1 aromatic rings. The van der Waals surface area contributed by atoms with Gasteiger partial charge in [0.05, 0.1) is 0 Å². The molecule has 4 heteroatoms. The Bertz CT molecular complexity index is 363. The van der Waals surface area contributed by atoms with E-state index in [9.17, 15) is 4.39 Å². The van der Waals surface area contributed by atoms with Crippen LogP contribution in [0.15, 0.2) is 18.2 Å². The number of nitrogens with one attached hydrogen (secondary N) is 1. The van der Waals surface area contributed by atoms with E-state index in [1.807, 2.05) is 0 Å². The largest absolute Gasteiger partial charge is 0.313 e. The van der Waals surface area contributed by atoms with Gasteiger partial charge in [-0.2, -0.15) is 0 Å². The number of rotatable bonds is 2. The first kappa shape index (κ1) is 12.8. The highest BCUT2D eigenvalue weighted by Gasteiger charge is 2.16. The summed E-state index contributed by atoms with van der Waals surface area (Å²) in [5.41, 5.74) is 0.615. The summed E-state index contributed by atoms with van der Waals surface area (Å²) in [5.74, 6) is -0.206. The predicted molar refractivity (Wildman–Crippen MR) is 68.8 cm³/mol. The Balaban J connectivity index is 2.05. The molecule has 0 amide bonds. The van der Waals surface area contributed by atoms with Crippen LogP contribution in [0.3, 0.4) is 0 Å². The Morgan fingerprint density at radius 3 is 3.06 bits per heavy atom. The molecule has 1 heterocycles. The van der Waals surface area contributed by atoms with Gasteiger partial charge in [-0.3, -0.25) is 4.90 Å². The van der Waals surface area contributed by atoms with Gasteiger partial charge >= 0.3 is 0 Å². The minimum atomic E-state index is -0.206. The van der Waals surface area contributed by atoms with Crippen molar-refractivity contribution in [3.05, 3.63) is 34.6 Å². The predicted octanol–water partition coefficient (Wildman–Crippen LogP) is 2.66. The summed E-state index contributed by atoms with van der Waals surface area (Å²) in [7, 11) is 0. The third kappa shape index (κ3) is 3.41. The van der Waals surface area contributed by atoms with Gasteiger partial charge < -0.3 is 5.32 Å². The first-order chi connectivity index (χ1) is 8.16. The maximum atomic E-state index is 13.7. The summed E-state index contributed by atoms with van der Waals surface area (Å²) in [6.45, 7) is 5.65. The summed E-state index contributed by atoms with van der Waals surface area (Å²) < 4.78 is 13.7. The van der Waals surface area contributed by atoms with E-state index in [4.69, 9.17) is 11.6 Å². The standard InChI is InChI=1S/C13H18ClFN2/c1-10-5-7-17(8-6-16-10)9-11-12(14)3-2-4-13(11)15/h2-4,10,16H,5-9H2,1H3. The Kier molecular flexibility index (Phi) is 4.37. The smallest absolute Gasteiger partial charge is 0.129 e. The second-order valence-electron chi connectivity index (χ2n) is 4.62.